The number of hydrogen-bond acceptors (Lipinski definition) is 5. The molecule has 2 aromatic carbocycles. The molecule has 0 bridgehead atoms. The molecule has 0 aliphatic rings. The van der Waals surface area contributed by atoms with Crippen LogP contribution < -0.4 is 10.1 Å². The average Bonchev–Trinajstić information content (AvgIpc) is 3.23. The maximum absolute atomic E-state index is 13.4. The van der Waals surface area contributed by atoms with Gasteiger partial charge in [-0.15, -0.1) is 0 Å². The van der Waals surface area contributed by atoms with Gasteiger partial charge >= 0.3 is 0 Å². The van der Waals surface area contributed by atoms with E-state index >= 15 is 0 Å². The molecule has 1 N–H and O–H groups in total. The van der Waals surface area contributed by atoms with Crippen LogP contribution in [0.15, 0.2) is 48.5 Å². The molecule has 1 amide bonds. The molecule has 28 heavy (non-hydrogen) atoms. The summed E-state index contributed by atoms with van der Waals surface area (Å²) in [4.78, 5) is 16.8. The predicted octanol–water partition coefficient (Wildman–Crippen LogP) is 4.26. The second-order valence-electron chi connectivity index (χ2n) is 6.29. The number of aryl methyl sites for hydroxylation is 2. The molecule has 4 aromatic rings. The van der Waals surface area contributed by atoms with Crippen LogP contribution in [-0.4, -0.2) is 27.3 Å². The number of nitrogens with one attached hydrogen (secondary N) is 1. The number of fused-ring (bicyclic) bond motifs is 1. The lowest BCUT2D eigenvalue weighted by atomic mass is 10.2. The summed E-state index contributed by atoms with van der Waals surface area (Å²) in [7, 11) is 0. The van der Waals surface area contributed by atoms with Gasteiger partial charge in [-0.1, -0.05) is 29.5 Å². The second-order valence-corrected chi connectivity index (χ2v) is 7.30. The van der Waals surface area contributed by atoms with E-state index < -0.39 is 0 Å². The highest BCUT2D eigenvalue weighted by Crippen LogP contribution is 2.28. The lowest BCUT2D eigenvalue weighted by molar-refractivity contribution is -0.118. The van der Waals surface area contributed by atoms with Gasteiger partial charge in [0, 0.05) is 6.07 Å². The number of hydrogen-bond donors (Lipinski definition) is 1. The minimum Gasteiger partial charge on any atom is -0.483 e. The second kappa shape index (κ2) is 7.40. The summed E-state index contributed by atoms with van der Waals surface area (Å²) in [5.41, 5.74) is 2.35. The van der Waals surface area contributed by atoms with Crippen LogP contribution in [0, 0.1) is 19.7 Å². The Hall–Kier alpha value is -3.26. The number of halogens is 1. The van der Waals surface area contributed by atoms with Crippen molar-refractivity contribution in [3.05, 3.63) is 65.6 Å². The Balaban J connectivity index is 1.54. The van der Waals surface area contributed by atoms with Gasteiger partial charge in [0.25, 0.3) is 5.91 Å². The number of aromatic nitrogens is 3. The number of anilines is 1. The molecule has 4 rings (SSSR count). The first-order chi connectivity index (χ1) is 13.5. The summed E-state index contributed by atoms with van der Waals surface area (Å²) in [6.45, 7) is 3.62. The molecule has 142 valence electrons. The van der Waals surface area contributed by atoms with E-state index in [0.717, 1.165) is 11.3 Å². The van der Waals surface area contributed by atoms with Crippen LogP contribution in [0.5, 0.6) is 5.75 Å². The first-order valence-corrected chi connectivity index (χ1v) is 9.42. The van der Waals surface area contributed by atoms with E-state index in [-0.39, 0.29) is 18.3 Å². The maximum atomic E-state index is 13.4. The standard InChI is InChI=1S/C20H17FN4O2S/c1-12-5-3-4-6-16(12)27-11-19(26)23-18-9-13(2)24-25(18)20-22-15-8-7-14(21)10-17(15)28-20/h3-10H,11H2,1-2H3,(H,23,26). The van der Waals surface area contributed by atoms with Crippen molar-refractivity contribution in [2.75, 3.05) is 11.9 Å². The summed E-state index contributed by atoms with van der Waals surface area (Å²) in [5.74, 6) is 0.517. The van der Waals surface area contributed by atoms with E-state index in [1.165, 1.54) is 23.5 Å². The van der Waals surface area contributed by atoms with E-state index in [0.29, 0.717) is 26.9 Å². The molecule has 0 aliphatic heterocycles. The number of thiazole rings is 1. The van der Waals surface area contributed by atoms with Gasteiger partial charge in [-0.2, -0.15) is 9.78 Å². The Kier molecular flexibility index (Phi) is 4.79. The summed E-state index contributed by atoms with van der Waals surface area (Å²) >= 11 is 1.30. The van der Waals surface area contributed by atoms with E-state index in [4.69, 9.17) is 4.74 Å². The lowest BCUT2D eigenvalue weighted by Gasteiger charge is -2.09. The van der Waals surface area contributed by atoms with Crippen molar-refractivity contribution >= 4 is 33.3 Å². The van der Waals surface area contributed by atoms with Crippen LogP contribution in [0.25, 0.3) is 15.3 Å². The Morgan fingerprint density at radius 3 is 2.86 bits per heavy atom. The smallest absolute Gasteiger partial charge is 0.263 e. The molecular weight excluding hydrogens is 379 g/mol. The first kappa shape index (κ1) is 18.1. The minimum atomic E-state index is -0.318. The fourth-order valence-electron chi connectivity index (χ4n) is 2.75. The van der Waals surface area contributed by atoms with Gasteiger partial charge in [0.15, 0.2) is 6.61 Å². The van der Waals surface area contributed by atoms with E-state index in [9.17, 15) is 9.18 Å². The third-order valence-corrected chi connectivity index (χ3v) is 5.07. The lowest BCUT2D eigenvalue weighted by Crippen LogP contribution is -2.22. The quantitative estimate of drug-likeness (QED) is 0.547. The summed E-state index contributed by atoms with van der Waals surface area (Å²) in [6, 6.07) is 13.7. The SMILES string of the molecule is Cc1cc(NC(=O)COc2ccccc2C)n(-c2nc3ccc(F)cc3s2)n1. The molecule has 0 radical (unpaired) electrons. The zero-order valence-electron chi connectivity index (χ0n) is 15.3. The highest BCUT2D eigenvalue weighted by Gasteiger charge is 2.15. The zero-order chi connectivity index (χ0) is 19.7. The first-order valence-electron chi connectivity index (χ1n) is 8.61. The number of amides is 1. The monoisotopic (exact) mass is 396 g/mol. The van der Waals surface area contributed by atoms with Crippen molar-refractivity contribution in [2.24, 2.45) is 0 Å². The van der Waals surface area contributed by atoms with E-state index in [1.807, 2.05) is 38.1 Å². The number of nitrogens with zero attached hydrogens (tertiary/aromatic N) is 3. The third-order valence-electron chi connectivity index (χ3n) is 4.07. The van der Waals surface area contributed by atoms with Crippen molar-refractivity contribution in [2.45, 2.75) is 13.8 Å². The van der Waals surface area contributed by atoms with Crippen LogP contribution in [0.4, 0.5) is 10.2 Å². The topological polar surface area (TPSA) is 69.0 Å². The highest BCUT2D eigenvalue weighted by atomic mass is 32.1. The van der Waals surface area contributed by atoms with E-state index in [2.05, 4.69) is 15.4 Å². The van der Waals surface area contributed by atoms with Gasteiger partial charge < -0.3 is 10.1 Å². The molecule has 0 saturated carbocycles. The Morgan fingerprint density at radius 1 is 1.21 bits per heavy atom. The van der Waals surface area contributed by atoms with Crippen molar-refractivity contribution < 1.29 is 13.9 Å². The maximum Gasteiger partial charge on any atom is 0.263 e. The van der Waals surface area contributed by atoms with Gasteiger partial charge in [-0.25, -0.2) is 9.37 Å². The van der Waals surface area contributed by atoms with Crippen molar-refractivity contribution in [1.29, 1.82) is 0 Å². The largest absolute Gasteiger partial charge is 0.483 e. The van der Waals surface area contributed by atoms with Gasteiger partial charge in [0.1, 0.15) is 17.4 Å². The number of carbonyl (C=O) groups excluding carboxylic acids is 1. The molecule has 6 nitrogen and oxygen atoms in total. The number of rotatable bonds is 5. The molecule has 8 heteroatoms. The van der Waals surface area contributed by atoms with Crippen molar-refractivity contribution in [3.63, 3.8) is 0 Å². The molecule has 2 aromatic heterocycles. The number of carbonyl (C=O) groups is 1. The molecule has 0 saturated heterocycles. The number of ether oxygens (including phenoxy) is 1. The summed E-state index contributed by atoms with van der Waals surface area (Å²) in [5, 5.41) is 7.75. The molecule has 0 fully saturated rings. The van der Waals surface area contributed by atoms with Crippen LogP contribution in [0.3, 0.4) is 0 Å². The summed E-state index contributed by atoms with van der Waals surface area (Å²) < 4.78 is 21.3. The molecule has 2 heterocycles. The van der Waals surface area contributed by atoms with Crippen LogP contribution in [-0.2, 0) is 4.79 Å². The highest BCUT2D eigenvalue weighted by molar-refractivity contribution is 7.20. The molecule has 0 atom stereocenters. The van der Waals surface area contributed by atoms with Gasteiger partial charge in [0.05, 0.1) is 15.9 Å². The Morgan fingerprint density at radius 2 is 2.04 bits per heavy atom. The molecule has 0 spiro atoms. The van der Waals surface area contributed by atoms with Crippen LogP contribution >= 0.6 is 11.3 Å². The van der Waals surface area contributed by atoms with Gasteiger partial charge in [-0.3, -0.25) is 4.79 Å². The zero-order valence-corrected chi connectivity index (χ0v) is 16.1. The number of para-hydroxylation sites is 1. The van der Waals surface area contributed by atoms with Crippen LogP contribution in [0.1, 0.15) is 11.3 Å². The minimum absolute atomic E-state index is 0.125. The normalized spacial score (nSPS) is 11.0. The predicted molar refractivity (Wildman–Crippen MR) is 107 cm³/mol. The fourth-order valence-corrected chi connectivity index (χ4v) is 3.71. The molecule has 0 aliphatic carbocycles. The number of benzene rings is 2. The summed E-state index contributed by atoms with van der Waals surface area (Å²) in [6.07, 6.45) is 0. The van der Waals surface area contributed by atoms with Crippen molar-refractivity contribution in [1.82, 2.24) is 14.8 Å². The van der Waals surface area contributed by atoms with E-state index in [1.54, 1.807) is 16.8 Å². The molecule has 0 unspecified atom stereocenters. The Labute approximate surface area is 164 Å². The van der Waals surface area contributed by atoms with Gasteiger partial charge in [-0.05, 0) is 43.7 Å². The fraction of sp³-hybridized carbons (Fsp3) is 0.150. The third kappa shape index (κ3) is 3.72. The average molecular weight is 396 g/mol. The Bertz CT molecular complexity index is 1170. The van der Waals surface area contributed by atoms with Crippen LogP contribution in [0.2, 0.25) is 0 Å². The van der Waals surface area contributed by atoms with Crippen molar-refractivity contribution in [3.8, 4) is 10.9 Å². The van der Waals surface area contributed by atoms with Gasteiger partial charge in [0.2, 0.25) is 5.13 Å². The molecular formula is C20H17FN4O2S.